The number of carbonyl (C=O) groups is 1. The van der Waals surface area contributed by atoms with E-state index in [-0.39, 0.29) is 16.9 Å². The van der Waals surface area contributed by atoms with Crippen molar-refractivity contribution in [3.63, 3.8) is 0 Å². The Labute approximate surface area is 133 Å². The first-order valence-corrected chi connectivity index (χ1v) is 7.66. The minimum Gasteiger partial charge on any atom is -0.346 e. The molecular weight excluding hydrogens is 288 g/mol. The van der Waals surface area contributed by atoms with Gasteiger partial charge in [0.25, 0.3) is 5.91 Å². The van der Waals surface area contributed by atoms with E-state index in [0.29, 0.717) is 11.1 Å². The van der Waals surface area contributed by atoms with Crippen molar-refractivity contribution < 1.29 is 4.79 Å². The van der Waals surface area contributed by atoms with Crippen LogP contribution in [-0.4, -0.2) is 10.5 Å². The third-order valence-electron chi connectivity index (χ3n) is 4.32. The van der Waals surface area contributed by atoms with E-state index >= 15 is 0 Å². The van der Waals surface area contributed by atoms with Gasteiger partial charge in [-0.3, -0.25) is 9.59 Å². The Balaban J connectivity index is 1.80. The van der Waals surface area contributed by atoms with E-state index in [1.165, 1.54) is 5.56 Å². The first-order chi connectivity index (χ1) is 11.1. The van der Waals surface area contributed by atoms with Gasteiger partial charge < -0.3 is 9.88 Å². The number of nitrogens with zero attached hydrogens (tertiary/aromatic N) is 1. The van der Waals surface area contributed by atoms with Gasteiger partial charge in [0.15, 0.2) is 0 Å². The highest BCUT2D eigenvalue weighted by molar-refractivity contribution is 6.06. The molecule has 0 radical (unpaired) electrons. The number of aryl methyl sites for hydroxylation is 3. The van der Waals surface area contributed by atoms with E-state index in [2.05, 4.69) is 5.32 Å². The van der Waals surface area contributed by atoms with Gasteiger partial charge in [-0.15, -0.1) is 0 Å². The number of rotatable bonds is 2. The molecule has 1 aromatic heterocycles. The molecule has 1 amide bonds. The van der Waals surface area contributed by atoms with E-state index < -0.39 is 0 Å². The number of amides is 1. The normalized spacial score (nSPS) is 12.6. The summed E-state index contributed by atoms with van der Waals surface area (Å²) in [4.78, 5) is 25.2. The van der Waals surface area contributed by atoms with Crippen molar-refractivity contribution in [1.82, 2.24) is 4.57 Å². The van der Waals surface area contributed by atoms with Gasteiger partial charge in [-0.2, -0.15) is 0 Å². The first kappa shape index (κ1) is 13.8. The summed E-state index contributed by atoms with van der Waals surface area (Å²) in [6.45, 7) is 2.77. The maximum absolute atomic E-state index is 12.7. The predicted molar refractivity (Wildman–Crippen MR) is 91.0 cm³/mol. The summed E-state index contributed by atoms with van der Waals surface area (Å²) in [7, 11) is 0. The molecule has 0 unspecified atom stereocenters. The Morgan fingerprint density at radius 1 is 1.17 bits per heavy atom. The highest BCUT2D eigenvalue weighted by atomic mass is 16.2. The molecule has 0 spiro atoms. The lowest BCUT2D eigenvalue weighted by Gasteiger charge is -2.09. The Hall–Kier alpha value is -2.88. The second-order valence-electron chi connectivity index (χ2n) is 5.95. The molecule has 4 heteroatoms. The van der Waals surface area contributed by atoms with Crippen molar-refractivity contribution in [3.8, 4) is 0 Å². The second kappa shape index (κ2) is 5.09. The topological polar surface area (TPSA) is 51.1 Å². The average Bonchev–Trinajstić information content (AvgIpc) is 2.95. The fourth-order valence-electron chi connectivity index (χ4n) is 3.24. The first-order valence-electron chi connectivity index (χ1n) is 7.66. The van der Waals surface area contributed by atoms with Crippen molar-refractivity contribution >= 4 is 22.5 Å². The quantitative estimate of drug-likeness (QED) is 0.791. The number of pyridine rings is 1. The molecule has 0 fully saturated rings. The van der Waals surface area contributed by atoms with Gasteiger partial charge in [0, 0.05) is 23.8 Å². The molecule has 0 saturated heterocycles. The van der Waals surface area contributed by atoms with Gasteiger partial charge in [0.05, 0.1) is 5.52 Å². The molecule has 1 N–H and O–H groups in total. The SMILES string of the molecule is Cc1cccc(NC(=O)c2cn3c4c(cccc4c2=O)CC3)c1. The number of aromatic nitrogens is 1. The Morgan fingerprint density at radius 3 is 2.83 bits per heavy atom. The van der Waals surface area contributed by atoms with Crippen molar-refractivity contribution in [2.24, 2.45) is 0 Å². The average molecular weight is 304 g/mol. The molecule has 0 bridgehead atoms. The molecule has 0 aliphatic carbocycles. The smallest absolute Gasteiger partial charge is 0.261 e. The molecule has 0 atom stereocenters. The second-order valence-corrected chi connectivity index (χ2v) is 5.95. The molecule has 4 nitrogen and oxygen atoms in total. The van der Waals surface area contributed by atoms with Gasteiger partial charge >= 0.3 is 0 Å². The fourth-order valence-corrected chi connectivity index (χ4v) is 3.24. The number of nitrogens with one attached hydrogen (secondary N) is 1. The maximum Gasteiger partial charge on any atom is 0.261 e. The van der Waals surface area contributed by atoms with Crippen LogP contribution < -0.4 is 10.7 Å². The van der Waals surface area contributed by atoms with Crippen LogP contribution in [0.2, 0.25) is 0 Å². The summed E-state index contributed by atoms with van der Waals surface area (Å²) >= 11 is 0. The minimum atomic E-state index is -0.358. The zero-order valence-corrected chi connectivity index (χ0v) is 12.8. The molecule has 114 valence electrons. The molecule has 23 heavy (non-hydrogen) atoms. The van der Waals surface area contributed by atoms with Crippen LogP contribution in [0.15, 0.2) is 53.5 Å². The molecule has 1 aliphatic heterocycles. The highest BCUT2D eigenvalue weighted by Gasteiger charge is 2.20. The van der Waals surface area contributed by atoms with Crippen molar-refractivity contribution in [2.75, 3.05) is 5.32 Å². The number of carbonyl (C=O) groups excluding carboxylic acids is 1. The Kier molecular flexibility index (Phi) is 3.05. The van der Waals surface area contributed by atoms with E-state index in [4.69, 9.17) is 0 Å². The summed E-state index contributed by atoms with van der Waals surface area (Å²) in [5.41, 5.74) is 3.88. The van der Waals surface area contributed by atoms with Crippen LogP contribution >= 0.6 is 0 Å². The van der Waals surface area contributed by atoms with Crippen LogP contribution in [0.4, 0.5) is 5.69 Å². The molecule has 4 rings (SSSR count). The van der Waals surface area contributed by atoms with E-state index in [1.54, 1.807) is 12.3 Å². The van der Waals surface area contributed by atoms with Crippen LogP contribution in [0, 0.1) is 6.92 Å². The third kappa shape index (κ3) is 2.23. The molecule has 2 heterocycles. The van der Waals surface area contributed by atoms with Crippen LogP contribution in [0.3, 0.4) is 0 Å². The van der Waals surface area contributed by atoms with Crippen molar-refractivity contribution in [1.29, 1.82) is 0 Å². The van der Waals surface area contributed by atoms with Crippen LogP contribution in [-0.2, 0) is 13.0 Å². The lowest BCUT2D eigenvalue weighted by atomic mass is 10.1. The van der Waals surface area contributed by atoms with Crippen LogP contribution in [0.1, 0.15) is 21.5 Å². The zero-order chi connectivity index (χ0) is 16.0. The Morgan fingerprint density at radius 2 is 2.00 bits per heavy atom. The molecule has 2 aromatic carbocycles. The zero-order valence-electron chi connectivity index (χ0n) is 12.8. The Bertz CT molecular complexity index is 1000. The summed E-state index contributed by atoms with van der Waals surface area (Å²) in [5.74, 6) is -0.358. The standard InChI is InChI=1S/C19H16N2O2/c1-12-4-2-6-14(10-12)20-19(23)16-11-21-9-8-13-5-3-7-15(17(13)21)18(16)22/h2-7,10-11H,8-9H2,1H3,(H,20,23). The van der Waals surface area contributed by atoms with Gasteiger partial charge in [-0.1, -0.05) is 24.3 Å². The van der Waals surface area contributed by atoms with Crippen molar-refractivity contribution in [3.05, 3.63) is 75.6 Å². The van der Waals surface area contributed by atoms with E-state index in [0.717, 1.165) is 24.0 Å². The van der Waals surface area contributed by atoms with Gasteiger partial charge in [-0.05, 0) is 42.7 Å². The fraction of sp³-hybridized carbons (Fsp3) is 0.158. The van der Waals surface area contributed by atoms with Crippen molar-refractivity contribution in [2.45, 2.75) is 19.9 Å². The number of hydrogen-bond donors (Lipinski definition) is 1. The van der Waals surface area contributed by atoms with Gasteiger partial charge in [0.2, 0.25) is 5.43 Å². The van der Waals surface area contributed by atoms with Crippen LogP contribution in [0.5, 0.6) is 0 Å². The van der Waals surface area contributed by atoms with E-state index in [1.807, 2.05) is 47.9 Å². The molecule has 3 aromatic rings. The van der Waals surface area contributed by atoms with Gasteiger partial charge in [0.1, 0.15) is 5.56 Å². The van der Waals surface area contributed by atoms with Gasteiger partial charge in [-0.25, -0.2) is 0 Å². The summed E-state index contributed by atoms with van der Waals surface area (Å²) in [5, 5.41) is 3.44. The third-order valence-corrected chi connectivity index (χ3v) is 4.32. The number of anilines is 1. The minimum absolute atomic E-state index is 0.193. The van der Waals surface area contributed by atoms with E-state index in [9.17, 15) is 9.59 Å². The largest absolute Gasteiger partial charge is 0.346 e. The lowest BCUT2D eigenvalue weighted by molar-refractivity contribution is 0.102. The highest BCUT2D eigenvalue weighted by Crippen LogP contribution is 2.24. The summed E-state index contributed by atoms with van der Waals surface area (Å²) < 4.78 is 2.01. The number of hydrogen-bond acceptors (Lipinski definition) is 2. The van der Waals surface area contributed by atoms with Crippen LogP contribution in [0.25, 0.3) is 10.9 Å². The predicted octanol–water partition coefficient (Wildman–Crippen LogP) is 3.12. The number of para-hydroxylation sites is 1. The molecular formula is C19H16N2O2. The summed E-state index contributed by atoms with van der Waals surface area (Å²) in [6.07, 6.45) is 2.59. The molecule has 0 saturated carbocycles. The number of benzene rings is 2. The lowest BCUT2D eigenvalue weighted by Crippen LogP contribution is -2.23. The maximum atomic E-state index is 12.7. The molecule has 1 aliphatic rings. The summed E-state index contributed by atoms with van der Waals surface area (Å²) in [6, 6.07) is 13.3. The monoisotopic (exact) mass is 304 g/mol.